The Morgan fingerprint density at radius 2 is 1.78 bits per heavy atom. The molecule has 1 nitrogen and oxygen atoms in total. The van der Waals surface area contributed by atoms with Crippen LogP contribution < -0.4 is 4.57 Å². The molecule has 2 rings (SSSR count). The van der Waals surface area contributed by atoms with Gasteiger partial charge in [-0.1, -0.05) is 0 Å². The van der Waals surface area contributed by atoms with Gasteiger partial charge in [0.15, 0.2) is 6.20 Å². The second kappa shape index (κ2) is 4.48. The maximum absolute atomic E-state index is 14.2. The van der Waals surface area contributed by atoms with Crippen LogP contribution in [0.15, 0.2) is 24.4 Å². The number of hydrogen-bond acceptors (Lipinski definition) is 0. The first kappa shape index (κ1) is 6.98. The Morgan fingerprint density at radius 3 is 2.39 bits per heavy atom. The van der Waals surface area contributed by atoms with Gasteiger partial charge in [-0.05, 0) is 37.8 Å². The van der Waals surface area contributed by atoms with Gasteiger partial charge >= 0.3 is 0 Å². The molecule has 3 heteroatoms. The van der Waals surface area contributed by atoms with Crippen LogP contribution in [0.25, 0.3) is 11.3 Å². The van der Waals surface area contributed by atoms with E-state index in [-0.39, 0.29) is 27.9 Å². The topological polar surface area (TPSA) is 3.88 Å². The van der Waals surface area contributed by atoms with Crippen LogP contribution in [0.4, 0.5) is 8.78 Å². The molecule has 0 aliphatic heterocycles. The Kier molecular flexibility index (Phi) is 1.74. The van der Waals surface area contributed by atoms with Gasteiger partial charge in [0.1, 0.15) is 18.7 Å². The first-order valence-corrected chi connectivity index (χ1v) is 5.33. The van der Waals surface area contributed by atoms with E-state index < -0.39 is 25.3 Å². The van der Waals surface area contributed by atoms with Crippen molar-refractivity contribution in [1.82, 2.24) is 0 Å². The number of halogens is 2. The van der Waals surface area contributed by atoms with E-state index in [9.17, 15) is 8.78 Å². The molecule has 0 saturated heterocycles. The van der Waals surface area contributed by atoms with Crippen LogP contribution in [0, 0.1) is 32.3 Å². The smallest absolute Gasteiger partial charge is 0.207 e. The van der Waals surface area contributed by atoms with E-state index in [0.717, 1.165) is 18.3 Å². The summed E-state index contributed by atoms with van der Waals surface area (Å²) in [4.78, 5) is 0. The molecule has 1 heterocycles. The highest BCUT2D eigenvalue weighted by Crippen LogP contribution is 2.26. The molecule has 0 spiro atoms. The van der Waals surface area contributed by atoms with Crippen molar-refractivity contribution in [1.29, 1.82) is 0 Å². The van der Waals surface area contributed by atoms with Crippen molar-refractivity contribution in [2.75, 3.05) is 0 Å². The molecule has 0 bridgehead atoms. The van der Waals surface area contributed by atoms with Gasteiger partial charge in [-0.25, -0.2) is 13.3 Å². The lowest BCUT2D eigenvalue weighted by atomic mass is 10.0. The third-order valence-corrected chi connectivity index (χ3v) is 2.78. The molecule has 0 aliphatic carbocycles. The summed E-state index contributed by atoms with van der Waals surface area (Å²) < 4.78 is 74.2. The zero-order valence-electron chi connectivity index (χ0n) is 16.0. The van der Waals surface area contributed by atoms with Gasteiger partial charge < -0.3 is 0 Å². The minimum absolute atomic E-state index is 0.0292. The maximum Gasteiger partial charge on any atom is 0.215 e. The zero-order chi connectivity index (χ0) is 18.4. The molecule has 0 amide bonds. The van der Waals surface area contributed by atoms with Crippen molar-refractivity contribution in [3.8, 4) is 11.3 Å². The van der Waals surface area contributed by atoms with E-state index in [2.05, 4.69) is 0 Å². The van der Waals surface area contributed by atoms with E-state index in [4.69, 9.17) is 8.22 Å². The minimum atomic E-state index is -2.68. The number of pyridine rings is 1. The molecule has 0 aliphatic rings. The van der Waals surface area contributed by atoms with Gasteiger partial charge in [0.25, 0.3) is 0 Å². The van der Waals surface area contributed by atoms with E-state index in [0.29, 0.717) is 6.07 Å². The molecule has 94 valence electrons. The summed E-state index contributed by atoms with van der Waals surface area (Å²) in [6.07, 6.45) is 1.16. The van der Waals surface area contributed by atoms with Crippen LogP contribution in [-0.2, 0) is 7.05 Å². The summed E-state index contributed by atoms with van der Waals surface area (Å²) in [5.41, 5.74) is -0.237. The number of aryl methyl sites for hydroxylation is 4. The highest BCUT2D eigenvalue weighted by Gasteiger charge is 2.19. The Bertz CT molecular complexity index is 773. The lowest BCUT2D eigenvalue weighted by molar-refractivity contribution is -0.660. The fourth-order valence-corrected chi connectivity index (χ4v) is 1.92. The molecule has 0 unspecified atom stereocenters. The molecule has 0 radical (unpaired) electrons. The normalized spacial score (nSPS) is 17.1. The fourth-order valence-electron chi connectivity index (χ4n) is 1.92. The number of rotatable bonds is 1. The first-order valence-electron chi connectivity index (χ1n) is 8.33. The standard InChI is InChI=1S/C15H16F2N/c1-9-6-14(18(4)8-11(9)3)15-10(2)5-12(16)7-13(15)17/h5-8H,1-4H3/q+1/i1D3,3D3. The summed E-state index contributed by atoms with van der Waals surface area (Å²) >= 11 is 0. The zero-order valence-corrected chi connectivity index (χ0v) is 10.0. The average molecular weight is 254 g/mol. The van der Waals surface area contributed by atoms with Gasteiger partial charge in [-0.2, -0.15) is 0 Å². The van der Waals surface area contributed by atoms with Crippen molar-refractivity contribution in [3.63, 3.8) is 0 Å². The second-order valence-electron chi connectivity index (χ2n) is 4.18. The monoisotopic (exact) mass is 254 g/mol. The highest BCUT2D eigenvalue weighted by atomic mass is 19.1. The predicted octanol–water partition coefficient (Wildman–Crippen LogP) is 3.38. The van der Waals surface area contributed by atoms with Crippen LogP contribution in [0.1, 0.15) is 24.9 Å². The lowest BCUT2D eigenvalue weighted by Crippen LogP contribution is -2.32. The van der Waals surface area contributed by atoms with Crippen LogP contribution in [-0.4, -0.2) is 0 Å². The van der Waals surface area contributed by atoms with Gasteiger partial charge in [0.2, 0.25) is 5.69 Å². The van der Waals surface area contributed by atoms with Gasteiger partial charge in [0.05, 0.1) is 5.56 Å². The quantitative estimate of drug-likeness (QED) is 0.687. The van der Waals surface area contributed by atoms with Crippen LogP contribution >= 0.6 is 0 Å². The number of benzene rings is 1. The molecule has 0 saturated carbocycles. The van der Waals surface area contributed by atoms with E-state index in [1.165, 1.54) is 18.5 Å². The summed E-state index contributed by atoms with van der Waals surface area (Å²) in [6.45, 7) is -3.82. The Morgan fingerprint density at radius 1 is 1.06 bits per heavy atom. The Balaban J connectivity index is 2.84. The van der Waals surface area contributed by atoms with Crippen molar-refractivity contribution >= 4 is 0 Å². The van der Waals surface area contributed by atoms with Gasteiger partial charge in [-0.15, -0.1) is 0 Å². The second-order valence-corrected chi connectivity index (χ2v) is 4.18. The van der Waals surface area contributed by atoms with E-state index in [1.807, 2.05) is 0 Å². The molecule has 1 aromatic carbocycles. The maximum atomic E-state index is 14.2. The first-order chi connectivity index (χ1) is 10.8. The Hall–Kier alpha value is -1.77. The van der Waals surface area contributed by atoms with Crippen molar-refractivity contribution in [2.45, 2.75) is 20.6 Å². The average Bonchev–Trinajstić information content (AvgIpc) is 2.36. The van der Waals surface area contributed by atoms with Crippen LogP contribution in [0.5, 0.6) is 0 Å². The number of nitrogens with zero attached hydrogens (tertiary/aromatic N) is 1. The van der Waals surface area contributed by atoms with Crippen molar-refractivity contribution in [3.05, 3.63) is 52.7 Å². The molecule has 1 aromatic heterocycles. The Labute approximate surface area is 114 Å². The van der Waals surface area contributed by atoms with Crippen molar-refractivity contribution in [2.24, 2.45) is 7.05 Å². The summed E-state index contributed by atoms with van der Waals surface area (Å²) in [6, 6.07) is 2.97. The fraction of sp³-hybridized carbons (Fsp3) is 0.267. The lowest BCUT2D eigenvalue weighted by Gasteiger charge is -2.08. The molecule has 0 N–H and O–H groups in total. The third-order valence-electron chi connectivity index (χ3n) is 2.78. The van der Waals surface area contributed by atoms with Crippen LogP contribution in [0.2, 0.25) is 0 Å². The molecule has 0 fully saturated rings. The largest absolute Gasteiger partial charge is 0.215 e. The molecule has 18 heavy (non-hydrogen) atoms. The third kappa shape index (κ3) is 2.13. The van der Waals surface area contributed by atoms with Crippen molar-refractivity contribution < 1.29 is 21.6 Å². The summed E-state index contributed by atoms with van der Waals surface area (Å²) in [5.74, 6) is -1.59. The molecular weight excluding hydrogens is 232 g/mol. The minimum Gasteiger partial charge on any atom is -0.207 e. The molecule has 2 aromatic rings. The predicted molar refractivity (Wildman–Crippen MR) is 67.2 cm³/mol. The molecule has 0 atom stereocenters. The SMILES string of the molecule is [2H]C([2H])([2H])c1cc(-c2c(C)cc(F)cc2F)[n+](C)cc1C([2H])([2H])[2H]. The van der Waals surface area contributed by atoms with E-state index >= 15 is 0 Å². The van der Waals surface area contributed by atoms with Gasteiger partial charge in [-0.3, -0.25) is 0 Å². The number of aromatic nitrogens is 1. The molecular formula is C15H16F2N+. The van der Waals surface area contributed by atoms with Crippen LogP contribution in [0.3, 0.4) is 0 Å². The highest BCUT2D eigenvalue weighted by molar-refractivity contribution is 5.62. The summed E-state index contributed by atoms with van der Waals surface area (Å²) in [5, 5.41) is 0. The summed E-state index contributed by atoms with van der Waals surface area (Å²) in [7, 11) is 1.48. The number of hydrogen-bond donors (Lipinski definition) is 0. The van der Waals surface area contributed by atoms with E-state index in [1.54, 1.807) is 0 Å². The van der Waals surface area contributed by atoms with Gasteiger partial charge in [0, 0.05) is 25.9 Å².